The first kappa shape index (κ1) is 23.9. The minimum absolute atomic E-state index is 0.0435. The number of hydrogen-bond acceptors (Lipinski definition) is 6. The first-order chi connectivity index (χ1) is 15.7. The number of aromatic nitrogens is 2. The number of aryl methyl sites for hydroxylation is 2. The van der Waals surface area contributed by atoms with Gasteiger partial charge in [0.25, 0.3) is 5.91 Å². The van der Waals surface area contributed by atoms with Crippen LogP contribution < -0.4 is 5.32 Å². The molecule has 0 spiro atoms. The van der Waals surface area contributed by atoms with Gasteiger partial charge in [-0.25, -0.2) is 8.42 Å². The maximum atomic E-state index is 13.5. The molecule has 2 aromatic rings. The summed E-state index contributed by atoms with van der Waals surface area (Å²) in [6.07, 6.45) is 8.28. The van der Waals surface area contributed by atoms with E-state index in [1.165, 1.54) is 6.07 Å². The monoisotopic (exact) mass is 474 g/mol. The van der Waals surface area contributed by atoms with Crippen LogP contribution in [0.4, 0.5) is 0 Å². The van der Waals surface area contributed by atoms with Gasteiger partial charge in [0.1, 0.15) is 5.54 Å². The zero-order chi connectivity index (χ0) is 23.6. The molecule has 180 valence electrons. The predicted molar refractivity (Wildman–Crippen MR) is 124 cm³/mol. The van der Waals surface area contributed by atoms with Crippen LogP contribution in [0.5, 0.6) is 0 Å². The van der Waals surface area contributed by atoms with E-state index < -0.39 is 15.6 Å². The van der Waals surface area contributed by atoms with Gasteiger partial charge >= 0.3 is 0 Å². The zero-order valence-electron chi connectivity index (χ0n) is 19.8. The summed E-state index contributed by atoms with van der Waals surface area (Å²) in [5.41, 5.74) is 0.379. The molecule has 1 aliphatic carbocycles. The normalized spacial score (nSPS) is 22.0. The summed E-state index contributed by atoms with van der Waals surface area (Å²) in [6, 6.07) is 4.80. The molecule has 2 fully saturated rings. The molecule has 1 aliphatic heterocycles. The van der Waals surface area contributed by atoms with Crippen molar-refractivity contribution in [3.63, 3.8) is 0 Å². The van der Waals surface area contributed by atoms with Crippen molar-refractivity contribution in [1.29, 1.82) is 0 Å². The van der Waals surface area contributed by atoms with Crippen molar-refractivity contribution in [1.82, 2.24) is 19.8 Å². The largest absolute Gasteiger partial charge is 0.340 e. The lowest BCUT2D eigenvalue weighted by molar-refractivity contribution is 0.0876. The van der Waals surface area contributed by atoms with Gasteiger partial charge < -0.3 is 9.84 Å². The molecule has 1 saturated carbocycles. The van der Waals surface area contributed by atoms with Crippen molar-refractivity contribution in [2.75, 3.05) is 6.54 Å². The Balaban J connectivity index is 1.66. The molecule has 33 heavy (non-hydrogen) atoms. The van der Waals surface area contributed by atoms with Gasteiger partial charge in [-0.2, -0.15) is 9.29 Å². The first-order valence-corrected chi connectivity index (χ1v) is 13.4. The van der Waals surface area contributed by atoms with Gasteiger partial charge in [-0.15, -0.1) is 0 Å². The van der Waals surface area contributed by atoms with E-state index in [1.54, 1.807) is 23.4 Å². The summed E-state index contributed by atoms with van der Waals surface area (Å²) >= 11 is 0. The summed E-state index contributed by atoms with van der Waals surface area (Å²) in [7, 11) is -3.67. The molecule has 1 aromatic carbocycles. The average Bonchev–Trinajstić information content (AvgIpc) is 3.09. The quantitative estimate of drug-likeness (QED) is 0.650. The van der Waals surface area contributed by atoms with Gasteiger partial charge in [-0.1, -0.05) is 43.3 Å². The van der Waals surface area contributed by atoms with E-state index in [9.17, 15) is 13.2 Å². The molecule has 8 nitrogen and oxygen atoms in total. The van der Waals surface area contributed by atoms with E-state index in [2.05, 4.69) is 15.5 Å². The number of carbonyl (C=O) groups is 1. The number of rotatable bonds is 5. The SMILES string of the molecule is Cc1nc(C2(NC(=O)c3cc(S(=O)(=O)N4CCCCC4C)ccc3C)CCCCCC2)no1. The lowest BCUT2D eigenvalue weighted by Crippen LogP contribution is -2.46. The van der Waals surface area contributed by atoms with Gasteiger partial charge in [0, 0.05) is 25.1 Å². The third kappa shape index (κ3) is 4.84. The molecule has 2 heterocycles. The van der Waals surface area contributed by atoms with Crippen molar-refractivity contribution in [2.45, 2.75) is 95.0 Å². The van der Waals surface area contributed by atoms with Crippen LogP contribution in [0.3, 0.4) is 0 Å². The van der Waals surface area contributed by atoms with Crippen molar-refractivity contribution >= 4 is 15.9 Å². The van der Waals surface area contributed by atoms with E-state index in [-0.39, 0.29) is 16.8 Å². The van der Waals surface area contributed by atoms with Gasteiger partial charge in [0.15, 0.2) is 5.82 Å². The topological polar surface area (TPSA) is 105 Å². The van der Waals surface area contributed by atoms with Crippen LogP contribution in [0.1, 0.15) is 92.3 Å². The van der Waals surface area contributed by atoms with E-state index in [1.807, 2.05) is 13.8 Å². The maximum Gasteiger partial charge on any atom is 0.252 e. The fourth-order valence-corrected chi connectivity index (χ4v) is 6.81. The van der Waals surface area contributed by atoms with Crippen LogP contribution >= 0.6 is 0 Å². The fraction of sp³-hybridized carbons (Fsp3) is 0.625. The second kappa shape index (κ2) is 9.54. The maximum absolute atomic E-state index is 13.5. The van der Waals surface area contributed by atoms with Crippen LogP contribution in [-0.4, -0.2) is 41.4 Å². The molecular formula is C24H34N4O4S. The van der Waals surface area contributed by atoms with Crippen LogP contribution in [0, 0.1) is 13.8 Å². The smallest absolute Gasteiger partial charge is 0.252 e. The number of nitrogens with zero attached hydrogens (tertiary/aromatic N) is 3. The lowest BCUT2D eigenvalue weighted by atomic mass is 9.88. The Morgan fingerprint density at radius 3 is 2.48 bits per heavy atom. The average molecular weight is 475 g/mol. The molecule has 1 amide bonds. The Morgan fingerprint density at radius 1 is 1.12 bits per heavy atom. The molecule has 0 bridgehead atoms. The minimum atomic E-state index is -3.67. The lowest BCUT2D eigenvalue weighted by Gasteiger charge is -2.33. The molecular weight excluding hydrogens is 440 g/mol. The van der Waals surface area contributed by atoms with Gasteiger partial charge in [0.2, 0.25) is 15.9 Å². The number of sulfonamides is 1. The molecule has 2 aliphatic rings. The standard InChI is InChI=1S/C24H34N4O4S/c1-17-11-12-20(33(30,31)28-15-9-6-10-18(28)2)16-21(17)22(29)26-24(13-7-4-5-8-14-24)23-25-19(3)32-27-23/h11-12,16,18H,4-10,13-15H2,1-3H3,(H,26,29). The Hall–Kier alpha value is -2.26. The van der Waals surface area contributed by atoms with Crippen molar-refractivity contribution in [3.8, 4) is 0 Å². The van der Waals surface area contributed by atoms with Gasteiger partial charge in [-0.3, -0.25) is 4.79 Å². The third-order valence-electron chi connectivity index (χ3n) is 7.07. The van der Waals surface area contributed by atoms with Crippen molar-refractivity contribution in [2.24, 2.45) is 0 Å². The van der Waals surface area contributed by atoms with E-state index in [4.69, 9.17) is 4.52 Å². The van der Waals surface area contributed by atoms with Gasteiger partial charge in [0.05, 0.1) is 4.90 Å². The third-order valence-corrected chi connectivity index (χ3v) is 9.08. The van der Waals surface area contributed by atoms with Crippen LogP contribution in [0.25, 0.3) is 0 Å². The number of nitrogens with one attached hydrogen (secondary N) is 1. The number of amides is 1. The summed E-state index contributed by atoms with van der Waals surface area (Å²) in [5.74, 6) is 0.655. The Morgan fingerprint density at radius 2 is 1.85 bits per heavy atom. The highest BCUT2D eigenvalue weighted by atomic mass is 32.2. The molecule has 1 aromatic heterocycles. The fourth-order valence-electron chi connectivity index (χ4n) is 5.09. The van der Waals surface area contributed by atoms with Crippen LogP contribution in [0.2, 0.25) is 0 Å². The molecule has 4 rings (SSSR count). The molecule has 9 heteroatoms. The molecule has 1 atom stereocenters. The Kier molecular flexibility index (Phi) is 6.91. The number of piperidine rings is 1. The summed E-state index contributed by atoms with van der Waals surface area (Å²) in [4.78, 5) is 18.2. The predicted octanol–water partition coefficient (Wildman–Crippen LogP) is 4.23. The highest BCUT2D eigenvalue weighted by Crippen LogP contribution is 2.35. The summed E-state index contributed by atoms with van der Waals surface area (Å²) in [5, 5.41) is 7.34. The summed E-state index contributed by atoms with van der Waals surface area (Å²) < 4.78 is 33.5. The molecule has 1 N–H and O–H groups in total. The first-order valence-electron chi connectivity index (χ1n) is 12.0. The molecule has 1 unspecified atom stereocenters. The van der Waals surface area contributed by atoms with E-state index >= 15 is 0 Å². The minimum Gasteiger partial charge on any atom is -0.340 e. The highest BCUT2D eigenvalue weighted by molar-refractivity contribution is 7.89. The Labute approximate surface area is 196 Å². The molecule has 1 saturated heterocycles. The second-order valence-corrected chi connectivity index (χ2v) is 11.4. The number of carbonyl (C=O) groups excluding carboxylic acids is 1. The van der Waals surface area contributed by atoms with Crippen molar-refractivity contribution in [3.05, 3.63) is 41.0 Å². The van der Waals surface area contributed by atoms with Crippen LogP contribution in [0.15, 0.2) is 27.6 Å². The molecule has 0 radical (unpaired) electrons. The Bertz CT molecular complexity index is 1100. The van der Waals surface area contributed by atoms with E-state index in [0.717, 1.165) is 63.4 Å². The van der Waals surface area contributed by atoms with E-state index in [0.29, 0.717) is 23.8 Å². The second-order valence-electron chi connectivity index (χ2n) is 9.52. The summed E-state index contributed by atoms with van der Waals surface area (Å²) in [6.45, 7) is 6.02. The van der Waals surface area contributed by atoms with Crippen LogP contribution in [-0.2, 0) is 15.6 Å². The highest BCUT2D eigenvalue weighted by Gasteiger charge is 2.39. The van der Waals surface area contributed by atoms with Crippen molar-refractivity contribution < 1.29 is 17.7 Å². The number of hydrogen-bond donors (Lipinski definition) is 1. The zero-order valence-corrected chi connectivity index (χ0v) is 20.6. The van der Waals surface area contributed by atoms with Gasteiger partial charge in [-0.05, 0) is 57.2 Å². The number of benzene rings is 1.